The number of esters is 3. The molecule has 0 bridgehead atoms. The molecule has 10 nitrogen and oxygen atoms in total. The van der Waals surface area contributed by atoms with Crippen molar-refractivity contribution in [3.8, 4) is 0 Å². The number of rotatable bonds is 0. The van der Waals surface area contributed by atoms with Crippen molar-refractivity contribution < 1.29 is 48.7 Å². The third-order valence-electron chi connectivity index (χ3n) is 9.00. The molecule has 3 N–H and O–H groups in total. The van der Waals surface area contributed by atoms with Gasteiger partial charge in [0, 0.05) is 0 Å². The fourth-order valence-electron chi connectivity index (χ4n) is 8.12. The summed E-state index contributed by atoms with van der Waals surface area (Å²) in [6.07, 6.45) is -6.91. The molecule has 4 aliphatic heterocycles. The van der Waals surface area contributed by atoms with Gasteiger partial charge in [0.2, 0.25) is 11.9 Å². The Labute approximate surface area is 171 Å². The van der Waals surface area contributed by atoms with Crippen LogP contribution in [-0.2, 0) is 33.3 Å². The molecule has 30 heavy (non-hydrogen) atoms. The van der Waals surface area contributed by atoms with Crippen molar-refractivity contribution >= 4 is 17.9 Å². The van der Waals surface area contributed by atoms with Crippen LogP contribution in [0.2, 0.25) is 0 Å². The molecule has 164 valence electrons. The first-order valence-corrected chi connectivity index (χ1v) is 10.2. The minimum absolute atomic E-state index is 0.229. The van der Waals surface area contributed by atoms with Crippen molar-refractivity contribution in [2.24, 2.45) is 28.1 Å². The molecule has 10 heteroatoms. The first-order valence-electron chi connectivity index (χ1n) is 10.2. The van der Waals surface area contributed by atoms with E-state index in [0.717, 1.165) is 0 Å². The summed E-state index contributed by atoms with van der Waals surface area (Å²) in [5.41, 5.74) is -8.26. The average Bonchev–Trinajstić information content (AvgIpc) is 3.35. The van der Waals surface area contributed by atoms with Gasteiger partial charge in [0.05, 0.1) is 16.7 Å². The van der Waals surface area contributed by atoms with E-state index in [1.807, 2.05) is 20.8 Å². The van der Waals surface area contributed by atoms with E-state index in [9.17, 15) is 29.7 Å². The monoisotopic (exact) mass is 424 g/mol. The minimum atomic E-state index is -2.24. The molecule has 0 aromatic heterocycles. The van der Waals surface area contributed by atoms with Crippen LogP contribution in [0.1, 0.15) is 34.1 Å². The Morgan fingerprint density at radius 3 is 2.33 bits per heavy atom. The van der Waals surface area contributed by atoms with Crippen molar-refractivity contribution in [1.29, 1.82) is 0 Å². The molecule has 2 unspecified atom stereocenters. The Kier molecular flexibility index (Phi) is 2.97. The molecule has 0 amide bonds. The number of hydrogen-bond acceptors (Lipinski definition) is 10. The number of aliphatic hydroxyl groups excluding tert-OH is 2. The van der Waals surface area contributed by atoms with Crippen molar-refractivity contribution in [1.82, 2.24) is 0 Å². The van der Waals surface area contributed by atoms with Gasteiger partial charge in [0.25, 0.3) is 0 Å². The zero-order valence-corrected chi connectivity index (χ0v) is 16.9. The molecule has 4 heterocycles. The quantitative estimate of drug-likeness (QED) is 0.314. The summed E-state index contributed by atoms with van der Waals surface area (Å²) >= 11 is 0. The second-order valence-corrected chi connectivity index (χ2v) is 10.7. The van der Waals surface area contributed by atoms with Crippen LogP contribution in [0.3, 0.4) is 0 Å². The Hall–Kier alpha value is -1.75. The lowest BCUT2D eigenvalue weighted by Gasteiger charge is -2.47. The van der Waals surface area contributed by atoms with Crippen molar-refractivity contribution in [2.45, 2.75) is 76.0 Å². The van der Waals surface area contributed by atoms with Crippen LogP contribution >= 0.6 is 0 Å². The first-order chi connectivity index (χ1) is 13.8. The minimum Gasteiger partial charge on any atom is -0.459 e. The molecule has 2 saturated carbocycles. The summed E-state index contributed by atoms with van der Waals surface area (Å²) in [4.78, 5) is 38.2. The van der Waals surface area contributed by atoms with Crippen LogP contribution in [0, 0.1) is 28.1 Å². The van der Waals surface area contributed by atoms with Crippen molar-refractivity contribution in [3.63, 3.8) is 0 Å². The number of fused-ring (bicyclic) bond motifs is 1. The predicted octanol–water partition coefficient (Wildman–Crippen LogP) is -1.37. The summed E-state index contributed by atoms with van der Waals surface area (Å²) in [7, 11) is 0. The van der Waals surface area contributed by atoms with Gasteiger partial charge in [-0.15, -0.1) is 0 Å². The lowest BCUT2D eigenvalue weighted by Crippen LogP contribution is -2.67. The second kappa shape index (κ2) is 4.69. The maximum atomic E-state index is 13.4. The molecule has 11 atom stereocenters. The average molecular weight is 424 g/mol. The van der Waals surface area contributed by atoms with E-state index in [-0.39, 0.29) is 6.42 Å². The van der Waals surface area contributed by atoms with Gasteiger partial charge in [-0.05, 0) is 24.7 Å². The fourth-order valence-corrected chi connectivity index (χ4v) is 8.12. The lowest BCUT2D eigenvalue weighted by atomic mass is 9.51. The summed E-state index contributed by atoms with van der Waals surface area (Å²) in [6, 6.07) is 0. The van der Waals surface area contributed by atoms with E-state index in [0.29, 0.717) is 0 Å². The van der Waals surface area contributed by atoms with Gasteiger partial charge in [-0.1, -0.05) is 20.8 Å². The molecule has 2 aliphatic carbocycles. The van der Waals surface area contributed by atoms with Crippen LogP contribution in [0.15, 0.2) is 0 Å². The zero-order chi connectivity index (χ0) is 21.8. The molecule has 0 aromatic carbocycles. The summed E-state index contributed by atoms with van der Waals surface area (Å²) in [5, 5.41) is 34.7. The van der Waals surface area contributed by atoms with Gasteiger partial charge in [-0.3, -0.25) is 4.79 Å². The van der Waals surface area contributed by atoms with Gasteiger partial charge < -0.3 is 34.3 Å². The maximum absolute atomic E-state index is 13.4. The van der Waals surface area contributed by atoms with E-state index in [2.05, 4.69) is 0 Å². The van der Waals surface area contributed by atoms with Gasteiger partial charge in [-0.25, -0.2) is 9.59 Å². The summed E-state index contributed by atoms with van der Waals surface area (Å²) in [6.45, 7) is 7.14. The van der Waals surface area contributed by atoms with E-state index < -0.39 is 87.9 Å². The van der Waals surface area contributed by atoms with Crippen LogP contribution in [-0.4, -0.2) is 75.1 Å². The smallest absolute Gasteiger partial charge is 0.343 e. The highest BCUT2D eigenvalue weighted by Crippen LogP contribution is 2.84. The van der Waals surface area contributed by atoms with Crippen molar-refractivity contribution in [3.05, 3.63) is 0 Å². The maximum Gasteiger partial charge on any atom is 0.343 e. The summed E-state index contributed by atoms with van der Waals surface area (Å²) < 4.78 is 22.5. The van der Waals surface area contributed by atoms with Crippen LogP contribution < -0.4 is 0 Å². The lowest BCUT2D eigenvalue weighted by molar-refractivity contribution is -0.239. The molecular weight excluding hydrogens is 400 g/mol. The van der Waals surface area contributed by atoms with Crippen LogP contribution in [0.4, 0.5) is 0 Å². The molecular formula is C20H24O10. The number of carbonyl (C=O) groups excluding carboxylic acids is 3. The molecule has 6 fully saturated rings. The number of carbonyl (C=O) groups is 3. The number of hydrogen-bond donors (Lipinski definition) is 3. The molecule has 0 radical (unpaired) electrons. The van der Waals surface area contributed by atoms with Gasteiger partial charge in [-0.2, -0.15) is 0 Å². The third-order valence-corrected chi connectivity index (χ3v) is 9.00. The van der Waals surface area contributed by atoms with E-state index in [1.165, 1.54) is 6.92 Å². The molecule has 6 rings (SSSR count). The van der Waals surface area contributed by atoms with Gasteiger partial charge in [0.15, 0.2) is 17.8 Å². The van der Waals surface area contributed by atoms with E-state index >= 15 is 0 Å². The number of ether oxygens (including phenoxy) is 4. The highest BCUT2D eigenvalue weighted by atomic mass is 16.8. The largest absolute Gasteiger partial charge is 0.459 e. The highest BCUT2D eigenvalue weighted by Gasteiger charge is 3.03. The van der Waals surface area contributed by atoms with Crippen molar-refractivity contribution in [2.75, 3.05) is 0 Å². The van der Waals surface area contributed by atoms with Crippen LogP contribution in [0.25, 0.3) is 0 Å². The Morgan fingerprint density at radius 2 is 1.70 bits per heavy atom. The molecule has 0 aromatic rings. The normalized spacial score (nSPS) is 60.1. The zero-order valence-electron chi connectivity index (χ0n) is 16.9. The van der Waals surface area contributed by atoms with Crippen LogP contribution in [0.5, 0.6) is 0 Å². The highest BCUT2D eigenvalue weighted by molar-refractivity contribution is 5.94. The molecule has 4 saturated heterocycles. The predicted molar refractivity (Wildman–Crippen MR) is 92.0 cm³/mol. The topological polar surface area (TPSA) is 149 Å². The Bertz CT molecular complexity index is 925. The number of aliphatic hydroxyl groups is 3. The second-order valence-electron chi connectivity index (χ2n) is 10.7. The van der Waals surface area contributed by atoms with Gasteiger partial charge in [0.1, 0.15) is 12.2 Å². The van der Waals surface area contributed by atoms with E-state index in [1.54, 1.807) is 0 Å². The van der Waals surface area contributed by atoms with E-state index in [4.69, 9.17) is 18.9 Å². The molecule has 2 spiro atoms. The van der Waals surface area contributed by atoms with Gasteiger partial charge >= 0.3 is 17.9 Å². The summed E-state index contributed by atoms with van der Waals surface area (Å²) in [5.74, 6) is -4.32. The third kappa shape index (κ3) is 1.33. The molecule has 6 aliphatic rings. The standard InChI is InChI=1S/C20H24O10/c1-6-12(23)28-11-9(21)18-8-5-7(16(2,3)4)17(18)10(22)13(24)29-15(17)30-20(18,14(25)27-8)19(6,11)26/h6-11,15,21-22,26H,5H2,1-4H3/t6?,7-,8-,9-,10+,11+,15?,17-,18+,19-,20+/m0/s1. The Morgan fingerprint density at radius 1 is 1.03 bits per heavy atom. The SMILES string of the molecule is CC1C(=O)O[C@@H]2[C@H](O)[C@]34[C@@H]5C[C@@H](C(C)(C)C)[C@]36C(OC(=O)[C@H]6O)O[C@@]4(C(=O)O5)[C@]12O. The fraction of sp³-hybridized carbons (Fsp3) is 0.850. The first kappa shape index (κ1) is 19.0. The Balaban J connectivity index is 1.72.